The fourth-order valence-electron chi connectivity index (χ4n) is 3.71. The fraction of sp³-hybridized carbons (Fsp3) is 0.292. The number of aryl methyl sites for hydroxylation is 1. The third-order valence-electron chi connectivity index (χ3n) is 5.26. The minimum absolute atomic E-state index is 0.265. The highest BCUT2D eigenvalue weighted by Gasteiger charge is 2.26. The lowest BCUT2D eigenvalue weighted by Crippen LogP contribution is -2.26. The summed E-state index contributed by atoms with van der Waals surface area (Å²) in [5, 5.41) is 2.93. The molecular weight excluding hydrogens is 406 g/mol. The van der Waals surface area contributed by atoms with Crippen LogP contribution in [0, 0.1) is 6.92 Å². The van der Waals surface area contributed by atoms with Gasteiger partial charge in [0.2, 0.25) is 0 Å². The second kappa shape index (κ2) is 9.23. The number of nitrogens with two attached hydrogens (primary N) is 1. The van der Waals surface area contributed by atoms with E-state index in [0.717, 1.165) is 5.56 Å². The van der Waals surface area contributed by atoms with E-state index in [-0.39, 0.29) is 11.7 Å². The van der Waals surface area contributed by atoms with Gasteiger partial charge in [-0.15, -0.1) is 0 Å². The van der Waals surface area contributed by atoms with Crippen molar-refractivity contribution in [1.82, 2.24) is 19.9 Å². The van der Waals surface area contributed by atoms with E-state index in [2.05, 4.69) is 5.32 Å². The number of benzene rings is 2. The molecule has 2 aromatic carbocycles. The highest BCUT2D eigenvalue weighted by atomic mass is 16.5. The zero-order valence-corrected chi connectivity index (χ0v) is 18.5. The Hall–Kier alpha value is -3.65. The van der Waals surface area contributed by atoms with Crippen LogP contribution in [0.2, 0.25) is 0 Å². The number of fused-ring (bicyclic) bond motifs is 2. The van der Waals surface area contributed by atoms with Crippen molar-refractivity contribution in [3.63, 3.8) is 0 Å². The third-order valence-corrected chi connectivity index (χ3v) is 5.26. The fourth-order valence-corrected chi connectivity index (χ4v) is 3.71. The van der Waals surface area contributed by atoms with Gasteiger partial charge in [-0.05, 0) is 50.1 Å². The molecule has 0 unspecified atom stereocenters. The van der Waals surface area contributed by atoms with Gasteiger partial charge < -0.3 is 20.5 Å². The number of nitrogens with zero attached hydrogens (tertiary/aromatic N) is 3. The number of amides is 1. The van der Waals surface area contributed by atoms with Gasteiger partial charge in [0, 0.05) is 19.8 Å². The quantitative estimate of drug-likeness (QED) is 0.411. The summed E-state index contributed by atoms with van der Waals surface area (Å²) in [7, 11) is 1.60. The van der Waals surface area contributed by atoms with Gasteiger partial charge in [-0.2, -0.15) is 0 Å². The number of nitrogens with one attached hydrogen (secondary N) is 1. The third kappa shape index (κ3) is 3.97. The van der Waals surface area contributed by atoms with E-state index in [1.807, 2.05) is 56.3 Å². The Morgan fingerprint density at radius 3 is 2.62 bits per heavy atom. The van der Waals surface area contributed by atoms with Crippen LogP contribution in [0.25, 0.3) is 27.9 Å². The Bertz CT molecular complexity index is 1280. The van der Waals surface area contributed by atoms with Gasteiger partial charge >= 0.3 is 0 Å². The molecular formula is C24H27N5O3. The van der Waals surface area contributed by atoms with E-state index in [1.165, 1.54) is 0 Å². The lowest BCUT2D eigenvalue weighted by Gasteiger charge is -2.13. The molecule has 0 saturated heterocycles. The van der Waals surface area contributed by atoms with Gasteiger partial charge in [0.15, 0.2) is 5.65 Å². The molecule has 0 bridgehead atoms. The zero-order valence-electron chi connectivity index (χ0n) is 18.5. The summed E-state index contributed by atoms with van der Waals surface area (Å²) in [6.45, 7) is 5.63. The predicted molar refractivity (Wildman–Crippen MR) is 126 cm³/mol. The van der Waals surface area contributed by atoms with Crippen LogP contribution in [0.15, 0.2) is 42.5 Å². The van der Waals surface area contributed by atoms with Crippen LogP contribution < -0.4 is 15.8 Å². The number of ether oxygens (including phenoxy) is 2. The summed E-state index contributed by atoms with van der Waals surface area (Å²) in [6.07, 6.45) is 0.707. The first-order valence-electron chi connectivity index (χ1n) is 10.6. The van der Waals surface area contributed by atoms with E-state index < -0.39 is 0 Å². The van der Waals surface area contributed by atoms with Crippen molar-refractivity contribution < 1.29 is 14.3 Å². The first-order chi connectivity index (χ1) is 15.5. The molecule has 2 heterocycles. The Kier molecular flexibility index (Phi) is 6.23. The highest BCUT2D eigenvalue weighted by molar-refractivity contribution is 6.11. The number of hydrogen-bond donors (Lipinski definition) is 2. The topological polar surface area (TPSA) is 104 Å². The van der Waals surface area contributed by atoms with Crippen molar-refractivity contribution in [2.24, 2.45) is 0 Å². The number of methoxy groups -OCH3 is 1. The number of nitrogen functional groups attached to an aromatic ring is 1. The first-order valence-corrected chi connectivity index (χ1v) is 10.6. The second-order valence-electron chi connectivity index (χ2n) is 7.46. The normalized spacial score (nSPS) is 11.2. The summed E-state index contributed by atoms with van der Waals surface area (Å²) in [5.74, 6) is 0.596. The van der Waals surface area contributed by atoms with Crippen LogP contribution in [0.1, 0.15) is 29.3 Å². The molecule has 0 aliphatic carbocycles. The maximum absolute atomic E-state index is 13.2. The van der Waals surface area contributed by atoms with Gasteiger partial charge in [-0.3, -0.25) is 9.36 Å². The van der Waals surface area contributed by atoms with Crippen molar-refractivity contribution in [2.45, 2.75) is 20.3 Å². The zero-order chi connectivity index (χ0) is 22.7. The molecule has 4 rings (SSSR count). The van der Waals surface area contributed by atoms with Crippen LogP contribution in [-0.2, 0) is 4.74 Å². The average molecular weight is 434 g/mol. The van der Waals surface area contributed by atoms with Crippen LogP contribution in [0.4, 0.5) is 5.82 Å². The summed E-state index contributed by atoms with van der Waals surface area (Å²) in [6, 6.07) is 13.3. The van der Waals surface area contributed by atoms with E-state index in [1.54, 1.807) is 11.7 Å². The highest BCUT2D eigenvalue weighted by Crippen LogP contribution is 2.35. The Morgan fingerprint density at radius 1 is 1.16 bits per heavy atom. The van der Waals surface area contributed by atoms with Crippen molar-refractivity contribution in [3.8, 4) is 11.4 Å². The SMILES string of the molecule is CCOCCCNC(=O)c1c(N)n(-c2cc(C)ccc2OC)c2nc3ccccc3nc12. The summed E-state index contributed by atoms with van der Waals surface area (Å²) in [4.78, 5) is 22.7. The van der Waals surface area contributed by atoms with Gasteiger partial charge in [-0.25, -0.2) is 9.97 Å². The maximum Gasteiger partial charge on any atom is 0.257 e. The monoisotopic (exact) mass is 433 g/mol. The van der Waals surface area contributed by atoms with Crippen molar-refractivity contribution in [2.75, 3.05) is 32.6 Å². The smallest absolute Gasteiger partial charge is 0.257 e. The molecule has 0 radical (unpaired) electrons. The van der Waals surface area contributed by atoms with Gasteiger partial charge in [0.1, 0.15) is 22.6 Å². The Morgan fingerprint density at radius 2 is 1.91 bits per heavy atom. The van der Waals surface area contributed by atoms with Crippen LogP contribution in [-0.4, -0.2) is 47.3 Å². The molecule has 0 aliphatic rings. The molecule has 0 saturated carbocycles. The van der Waals surface area contributed by atoms with Gasteiger partial charge in [0.25, 0.3) is 5.91 Å². The molecule has 0 atom stereocenters. The molecule has 1 amide bonds. The van der Waals surface area contributed by atoms with Crippen molar-refractivity contribution in [1.29, 1.82) is 0 Å². The molecule has 3 N–H and O–H groups in total. The number of carbonyl (C=O) groups excluding carboxylic acids is 1. The number of hydrogen-bond acceptors (Lipinski definition) is 6. The number of carbonyl (C=O) groups is 1. The van der Waals surface area contributed by atoms with Crippen LogP contribution in [0.3, 0.4) is 0 Å². The summed E-state index contributed by atoms with van der Waals surface area (Å²) >= 11 is 0. The maximum atomic E-state index is 13.2. The van der Waals surface area contributed by atoms with E-state index >= 15 is 0 Å². The Labute approximate surface area is 186 Å². The van der Waals surface area contributed by atoms with Gasteiger partial charge in [0.05, 0.1) is 23.8 Å². The van der Waals surface area contributed by atoms with E-state index in [4.69, 9.17) is 25.2 Å². The summed E-state index contributed by atoms with van der Waals surface area (Å²) < 4.78 is 12.7. The molecule has 0 fully saturated rings. The molecule has 0 aliphatic heterocycles. The predicted octanol–water partition coefficient (Wildman–Crippen LogP) is 3.63. The number of aromatic nitrogens is 3. The minimum atomic E-state index is -0.293. The molecule has 8 nitrogen and oxygen atoms in total. The first kappa shape index (κ1) is 21.6. The Balaban J connectivity index is 1.89. The van der Waals surface area contributed by atoms with E-state index in [0.29, 0.717) is 65.4 Å². The molecule has 4 aromatic rings. The van der Waals surface area contributed by atoms with Crippen molar-refractivity contribution >= 4 is 33.9 Å². The molecule has 32 heavy (non-hydrogen) atoms. The summed E-state index contributed by atoms with van der Waals surface area (Å²) in [5.41, 5.74) is 11.0. The lowest BCUT2D eigenvalue weighted by molar-refractivity contribution is 0.0946. The van der Waals surface area contributed by atoms with E-state index in [9.17, 15) is 4.79 Å². The largest absolute Gasteiger partial charge is 0.495 e. The van der Waals surface area contributed by atoms with Gasteiger partial charge in [-0.1, -0.05) is 18.2 Å². The number of para-hydroxylation sites is 2. The standard InChI is InChI=1S/C24H27N5O3/c1-4-32-13-7-12-26-24(30)20-21-23(28-17-9-6-5-8-16(17)27-21)29(22(20)25)18-14-15(2)10-11-19(18)31-3/h5-6,8-11,14H,4,7,12-13,25H2,1-3H3,(H,26,30). The van der Waals surface area contributed by atoms with Crippen LogP contribution >= 0.6 is 0 Å². The number of anilines is 1. The van der Waals surface area contributed by atoms with Crippen LogP contribution in [0.5, 0.6) is 5.75 Å². The molecule has 166 valence electrons. The molecule has 2 aromatic heterocycles. The molecule has 0 spiro atoms. The lowest BCUT2D eigenvalue weighted by atomic mass is 10.2. The van der Waals surface area contributed by atoms with Crippen molar-refractivity contribution in [3.05, 3.63) is 53.6 Å². The molecule has 8 heteroatoms. The minimum Gasteiger partial charge on any atom is -0.495 e. The average Bonchev–Trinajstić information content (AvgIpc) is 3.07. The second-order valence-corrected chi connectivity index (χ2v) is 7.46. The number of rotatable bonds is 8.